The molecule has 0 aliphatic heterocycles. The molecule has 0 rings (SSSR count). The van der Waals surface area contributed by atoms with Gasteiger partial charge < -0.3 is 19.6 Å². The molecule has 0 aromatic carbocycles. The minimum absolute atomic E-state index is 0.0739. The zero-order chi connectivity index (χ0) is 12.7. The summed E-state index contributed by atoms with van der Waals surface area (Å²) in [7, 11) is -7.70. The summed E-state index contributed by atoms with van der Waals surface area (Å²) >= 11 is 0. The summed E-state index contributed by atoms with van der Waals surface area (Å²) in [4.78, 5) is 34.3. The van der Waals surface area contributed by atoms with Gasteiger partial charge in [0.2, 0.25) is 0 Å². The quantitative estimate of drug-likeness (QED) is 0.375. The Balaban J connectivity index is 3.23. The molecule has 0 fully saturated rings. The SMILES string of the molecule is O=P(O)(O)CCCCCCCCP(=O)(O)O. The standard InChI is InChI=1S/C8H20O6P2/c9-15(10,11)7-5-3-1-2-4-6-8-16(12,13)14/h1-8H2,(H2,9,10,11)(H2,12,13,14). The zero-order valence-electron chi connectivity index (χ0n) is 9.16. The van der Waals surface area contributed by atoms with Crippen LogP contribution in [0.15, 0.2) is 0 Å². The number of hydrogen-bond acceptors (Lipinski definition) is 2. The molecule has 0 aromatic heterocycles. The van der Waals surface area contributed by atoms with Crippen LogP contribution in [-0.2, 0) is 9.13 Å². The van der Waals surface area contributed by atoms with E-state index in [1.54, 1.807) is 0 Å². The molecule has 16 heavy (non-hydrogen) atoms. The van der Waals surface area contributed by atoms with Crippen molar-refractivity contribution >= 4 is 15.2 Å². The maximum absolute atomic E-state index is 10.5. The number of hydrogen-bond donors (Lipinski definition) is 4. The monoisotopic (exact) mass is 274 g/mol. The Morgan fingerprint density at radius 1 is 0.562 bits per heavy atom. The average molecular weight is 274 g/mol. The first-order valence-electron chi connectivity index (χ1n) is 5.30. The van der Waals surface area contributed by atoms with Gasteiger partial charge in [0.05, 0.1) is 0 Å². The lowest BCUT2D eigenvalue weighted by Crippen LogP contribution is -1.90. The summed E-state index contributed by atoms with van der Waals surface area (Å²) in [6.07, 6.45) is 4.06. The molecule has 8 heteroatoms. The molecule has 0 aromatic rings. The summed E-state index contributed by atoms with van der Waals surface area (Å²) in [6.45, 7) is 0. The predicted octanol–water partition coefficient (Wildman–Crippen LogP) is 1.68. The van der Waals surface area contributed by atoms with E-state index in [1.165, 1.54) is 0 Å². The Bertz CT molecular complexity index is 240. The molecule has 0 spiro atoms. The van der Waals surface area contributed by atoms with E-state index in [-0.39, 0.29) is 12.3 Å². The number of rotatable bonds is 9. The van der Waals surface area contributed by atoms with Crippen LogP contribution in [-0.4, -0.2) is 31.9 Å². The second-order valence-electron chi connectivity index (χ2n) is 3.90. The van der Waals surface area contributed by atoms with Crippen LogP contribution in [0.1, 0.15) is 38.5 Å². The van der Waals surface area contributed by atoms with Gasteiger partial charge in [0, 0.05) is 12.3 Å². The minimum Gasteiger partial charge on any atom is -0.324 e. The van der Waals surface area contributed by atoms with Crippen LogP contribution in [0.2, 0.25) is 0 Å². The highest BCUT2D eigenvalue weighted by Gasteiger charge is 2.12. The molecular formula is C8H20O6P2. The Morgan fingerprint density at radius 3 is 1.06 bits per heavy atom. The Labute approximate surface area is 95.4 Å². The maximum atomic E-state index is 10.5. The molecule has 0 atom stereocenters. The topological polar surface area (TPSA) is 115 Å². The van der Waals surface area contributed by atoms with Gasteiger partial charge >= 0.3 is 15.2 Å². The van der Waals surface area contributed by atoms with Crippen molar-refractivity contribution in [1.82, 2.24) is 0 Å². The summed E-state index contributed by atoms with van der Waals surface area (Å²) in [5.74, 6) is 0. The van der Waals surface area contributed by atoms with Crippen LogP contribution in [0.25, 0.3) is 0 Å². The predicted molar refractivity (Wildman–Crippen MR) is 61.5 cm³/mol. The van der Waals surface area contributed by atoms with Crippen molar-refractivity contribution in [3.05, 3.63) is 0 Å². The smallest absolute Gasteiger partial charge is 0.324 e. The Hall–Kier alpha value is 0.300. The third kappa shape index (κ3) is 14.3. The highest BCUT2D eigenvalue weighted by atomic mass is 31.2. The van der Waals surface area contributed by atoms with Gasteiger partial charge in [-0.1, -0.05) is 25.7 Å². The molecule has 98 valence electrons. The second kappa shape index (κ2) is 7.59. The van der Waals surface area contributed by atoms with Crippen molar-refractivity contribution in [2.24, 2.45) is 0 Å². The van der Waals surface area contributed by atoms with Gasteiger partial charge in [-0.3, -0.25) is 9.13 Å². The van der Waals surface area contributed by atoms with Gasteiger partial charge in [-0.2, -0.15) is 0 Å². The normalized spacial score (nSPS) is 13.0. The zero-order valence-corrected chi connectivity index (χ0v) is 10.9. The van der Waals surface area contributed by atoms with E-state index in [2.05, 4.69) is 0 Å². The largest absolute Gasteiger partial charge is 0.325 e. The lowest BCUT2D eigenvalue weighted by Gasteiger charge is -2.04. The van der Waals surface area contributed by atoms with Crippen molar-refractivity contribution in [2.45, 2.75) is 38.5 Å². The second-order valence-corrected chi connectivity index (χ2v) is 7.45. The van der Waals surface area contributed by atoms with Crippen LogP contribution >= 0.6 is 15.2 Å². The lowest BCUT2D eigenvalue weighted by atomic mass is 10.1. The molecule has 0 heterocycles. The van der Waals surface area contributed by atoms with E-state index in [9.17, 15) is 9.13 Å². The highest BCUT2D eigenvalue weighted by molar-refractivity contribution is 7.52. The van der Waals surface area contributed by atoms with Gasteiger partial charge in [-0.15, -0.1) is 0 Å². The van der Waals surface area contributed by atoms with Gasteiger partial charge in [-0.25, -0.2) is 0 Å². The van der Waals surface area contributed by atoms with Crippen molar-refractivity contribution in [2.75, 3.05) is 12.3 Å². The summed E-state index contributed by atoms with van der Waals surface area (Å²) in [6, 6.07) is 0. The molecule has 4 N–H and O–H groups in total. The first kappa shape index (κ1) is 16.3. The molecule has 6 nitrogen and oxygen atoms in total. The van der Waals surface area contributed by atoms with Crippen LogP contribution in [0.5, 0.6) is 0 Å². The van der Waals surface area contributed by atoms with E-state index in [4.69, 9.17) is 19.6 Å². The molecule has 0 saturated carbocycles. The van der Waals surface area contributed by atoms with Crippen LogP contribution in [0, 0.1) is 0 Å². The van der Waals surface area contributed by atoms with E-state index >= 15 is 0 Å². The van der Waals surface area contributed by atoms with Gasteiger partial charge in [0.25, 0.3) is 0 Å². The van der Waals surface area contributed by atoms with Gasteiger partial charge in [0.15, 0.2) is 0 Å². The van der Waals surface area contributed by atoms with E-state index < -0.39 is 15.2 Å². The van der Waals surface area contributed by atoms with E-state index in [1.807, 2.05) is 0 Å². The van der Waals surface area contributed by atoms with E-state index in [0.717, 1.165) is 25.7 Å². The van der Waals surface area contributed by atoms with Crippen molar-refractivity contribution < 1.29 is 28.7 Å². The maximum Gasteiger partial charge on any atom is 0.325 e. The average Bonchev–Trinajstić information content (AvgIpc) is 2.06. The lowest BCUT2D eigenvalue weighted by molar-refractivity contribution is 0.367. The minimum atomic E-state index is -3.85. The third-order valence-electron chi connectivity index (χ3n) is 2.15. The molecule has 0 amide bonds. The first-order valence-corrected chi connectivity index (χ1v) is 8.89. The van der Waals surface area contributed by atoms with Crippen molar-refractivity contribution in [3.63, 3.8) is 0 Å². The fraction of sp³-hybridized carbons (Fsp3) is 1.00. The molecule has 0 radical (unpaired) electrons. The summed E-state index contributed by atoms with van der Waals surface area (Å²) < 4.78 is 21.0. The van der Waals surface area contributed by atoms with Gasteiger partial charge in [-0.05, 0) is 12.8 Å². The van der Waals surface area contributed by atoms with Gasteiger partial charge in [0.1, 0.15) is 0 Å². The number of unbranched alkanes of at least 4 members (excludes halogenated alkanes) is 5. The molecular weight excluding hydrogens is 254 g/mol. The molecule has 0 aliphatic rings. The molecule has 0 unspecified atom stereocenters. The van der Waals surface area contributed by atoms with Crippen molar-refractivity contribution in [3.8, 4) is 0 Å². The highest BCUT2D eigenvalue weighted by Crippen LogP contribution is 2.36. The van der Waals surface area contributed by atoms with Crippen LogP contribution in [0.3, 0.4) is 0 Å². The van der Waals surface area contributed by atoms with Crippen LogP contribution in [0.4, 0.5) is 0 Å². The fourth-order valence-electron chi connectivity index (χ4n) is 1.34. The van der Waals surface area contributed by atoms with Crippen molar-refractivity contribution in [1.29, 1.82) is 0 Å². The summed E-state index contributed by atoms with van der Waals surface area (Å²) in [5.41, 5.74) is 0. The van der Waals surface area contributed by atoms with E-state index in [0.29, 0.717) is 12.8 Å². The molecule has 0 bridgehead atoms. The third-order valence-corrected chi connectivity index (χ3v) is 3.95. The Morgan fingerprint density at radius 2 is 0.812 bits per heavy atom. The fourth-order valence-corrected chi connectivity index (χ4v) is 2.61. The Kier molecular flexibility index (Phi) is 7.73. The summed E-state index contributed by atoms with van der Waals surface area (Å²) in [5, 5.41) is 0. The first-order chi connectivity index (χ1) is 7.21. The molecule has 0 aliphatic carbocycles. The molecule has 0 saturated heterocycles. The van der Waals surface area contributed by atoms with Crippen LogP contribution < -0.4 is 0 Å².